The Morgan fingerprint density at radius 2 is 1.88 bits per heavy atom. The minimum atomic E-state index is -0.358. The lowest BCUT2D eigenvalue weighted by Gasteiger charge is -2.36. The Balaban J connectivity index is 1.39. The Morgan fingerprint density at radius 1 is 1.15 bits per heavy atom. The monoisotopic (exact) mass is 365 g/mol. The third-order valence-electron chi connectivity index (χ3n) is 4.48. The molecule has 7 nitrogen and oxygen atoms in total. The van der Waals surface area contributed by atoms with E-state index < -0.39 is 0 Å². The number of carbonyl (C=O) groups excluding carboxylic acids is 1. The van der Waals surface area contributed by atoms with E-state index in [4.69, 9.17) is 9.47 Å². The molecule has 2 aliphatic rings. The van der Waals surface area contributed by atoms with Gasteiger partial charge in [0.15, 0.2) is 5.76 Å². The summed E-state index contributed by atoms with van der Waals surface area (Å²) in [5, 5.41) is 13.1. The molecule has 8 heteroatoms. The first-order valence-corrected chi connectivity index (χ1v) is 8.77. The van der Waals surface area contributed by atoms with Gasteiger partial charge in [0.05, 0.1) is 6.61 Å². The first-order valence-electron chi connectivity index (χ1n) is 8.77. The van der Waals surface area contributed by atoms with E-state index in [0.717, 1.165) is 19.6 Å². The molecule has 2 heterocycles. The van der Waals surface area contributed by atoms with Crippen molar-refractivity contribution in [3.8, 4) is 0 Å². The zero-order valence-corrected chi connectivity index (χ0v) is 14.6. The molecule has 0 aromatic heterocycles. The van der Waals surface area contributed by atoms with E-state index in [9.17, 15) is 14.3 Å². The number of hydrogen-bond donors (Lipinski definition) is 2. The Bertz CT molecular complexity index is 634. The summed E-state index contributed by atoms with van der Waals surface area (Å²) >= 11 is 0. The van der Waals surface area contributed by atoms with Crippen molar-refractivity contribution >= 4 is 5.91 Å². The van der Waals surface area contributed by atoms with Gasteiger partial charge in [0.25, 0.3) is 5.91 Å². The number of benzene rings is 1. The molecule has 26 heavy (non-hydrogen) atoms. The standard InChI is InChI=1S/C18H24FN3O4/c19-15-3-1-14(2-4-15)17(23)20-5-6-21-7-9-22(10-8-21)18(24)16-13-25-11-12-26-16/h1-4,24H,5-13H2,(H,20,23)/b18-16+. The van der Waals surface area contributed by atoms with Crippen LogP contribution in [0.3, 0.4) is 0 Å². The number of hydrogen-bond acceptors (Lipinski definition) is 6. The van der Waals surface area contributed by atoms with Crippen LogP contribution in [0.25, 0.3) is 0 Å². The van der Waals surface area contributed by atoms with Crippen molar-refractivity contribution in [1.82, 2.24) is 15.1 Å². The molecule has 2 N–H and O–H groups in total. The summed E-state index contributed by atoms with van der Waals surface area (Å²) in [6.45, 7) is 5.49. The first-order chi connectivity index (χ1) is 12.6. The summed E-state index contributed by atoms with van der Waals surface area (Å²) in [6, 6.07) is 5.49. The van der Waals surface area contributed by atoms with Crippen LogP contribution in [-0.4, -0.2) is 79.9 Å². The van der Waals surface area contributed by atoms with Crippen LogP contribution >= 0.6 is 0 Å². The van der Waals surface area contributed by atoms with E-state index in [0.29, 0.717) is 50.8 Å². The summed E-state index contributed by atoms with van der Waals surface area (Å²) in [6.07, 6.45) is 0. The van der Waals surface area contributed by atoms with Gasteiger partial charge < -0.3 is 24.8 Å². The molecule has 0 aliphatic carbocycles. The van der Waals surface area contributed by atoms with Crippen molar-refractivity contribution in [2.45, 2.75) is 0 Å². The van der Waals surface area contributed by atoms with Crippen molar-refractivity contribution in [3.63, 3.8) is 0 Å². The molecule has 0 atom stereocenters. The van der Waals surface area contributed by atoms with Gasteiger partial charge in [-0.1, -0.05) is 0 Å². The first kappa shape index (κ1) is 18.5. The van der Waals surface area contributed by atoms with Gasteiger partial charge in [-0.2, -0.15) is 0 Å². The molecule has 0 bridgehead atoms. The van der Waals surface area contributed by atoms with Gasteiger partial charge in [0.2, 0.25) is 5.88 Å². The van der Waals surface area contributed by atoms with Gasteiger partial charge in [-0.05, 0) is 24.3 Å². The fourth-order valence-electron chi connectivity index (χ4n) is 2.95. The smallest absolute Gasteiger partial charge is 0.251 e. The number of nitrogens with zero attached hydrogens (tertiary/aromatic N) is 2. The van der Waals surface area contributed by atoms with E-state index in [1.165, 1.54) is 24.3 Å². The van der Waals surface area contributed by atoms with Crippen LogP contribution < -0.4 is 5.32 Å². The summed E-state index contributed by atoms with van der Waals surface area (Å²) in [5.41, 5.74) is 0.447. The van der Waals surface area contributed by atoms with Gasteiger partial charge in [-0.25, -0.2) is 4.39 Å². The maximum absolute atomic E-state index is 12.9. The molecule has 1 amide bonds. The second-order valence-electron chi connectivity index (χ2n) is 6.24. The largest absolute Gasteiger partial charge is 0.492 e. The molecule has 0 saturated carbocycles. The van der Waals surface area contributed by atoms with Crippen LogP contribution in [0, 0.1) is 5.82 Å². The average molecular weight is 365 g/mol. The van der Waals surface area contributed by atoms with E-state index in [1.807, 2.05) is 4.90 Å². The third kappa shape index (κ3) is 4.86. The molecule has 0 unspecified atom stereocenters. The van der Waals surface area contributed by atoms with Crippen molar-refractivity contribution in [2.24, 2.45) is 0 Å². The molecular weight excluding hydrogens is 341 g/mol. The number of amides is 1. The quantitative estimate of drug-likeness (QED) is 0.757. The molecule has 2 fully saturated rings. The van der Waals surface area contributed by atoms with Gasteiger partial charge in [0, 0.05) is 44.8 Å². The number of halogens is 1. The zero-order valence-electron chi connectivity index (χ0n) is 14.6. The minimum absolute atomic E-state index is 0.161. The normalized spacial score (nSPS) is 20.4. The van der Waals surface area contributed by atoms with Crippen molar-refractivity contribution in [1.29, 1.82) is 0 Å². The molecule has 2 saturated heterocycles. The Hall–Kier alpha value is -2.32. The predicted molar refractivity (Wildman–Crippen MR) is 93.2 cm³/mol. The van der Waals surface area contributed by atoms with Gasteiger partial charge in [-0.15, -0.1) is 0 Å². The van der Waals surface area contributed by atoms with Crippen LogP contribution in [0.4, 0.5) is 4.39 Å². The Morgan fingerprint density at radius 3 is 2.54 bits per heavy atom. The van der Waals surface area contributed by atoms with Crippen molar-refractivity contribution in [2.75, 3.05) is 59.1 Å². The van der Waals surface area contributed by atoms with Crippen LogP contribution in [-0.2, 0) is 9.47 Å². The van der Waals surface area contributed by atoms with Crippen LogP contribution in [0.5, 0.6) is 0 Å². The molecular formula is C18H24FN3O4. The topological polar surface area (TPSA) is 74.3 Å². The molecule has 1 aromatic carbocycles. The lowest BCUT2D eigenvalue weighted by Crippen LogP contribution is -2.48. The molecule has 3 rings (SSSR count). The summed E-state index contributed by atoms with van der Waals surface area (Å²) in [5.74, 6) is 0.0912. The maximum Gasteiger partial charge on any atom is 0.251 e. The van der Waals surface area contributed by atoms with Gasteiger partial charge in [-0.3, -0.25) is 9.69 Å². The highest BCUT2D eigenvalue weighted by molar-refractivity contribution is 5.94. The van der Waals surface area contributed by atoms with Crippen LogP contribution in [0.1, 0.15) is 10.4 Å². The summed E-state index contributed by atoms with van der Waals surface area (Å²) in [4.78, 5) is 16.1. The van der Waals surface area contributed by atoms with Crippen molar-refractivity contribution in [3.05, 3.63) is 47.3 Å². The second kappa shape index (κ2) is 8.86. The fraction of sp³-hybridized carbons (Fsp3) is 0.500. The van der Waals surface area contributed by atoms with Crippen LogP contribution in [0.2, 0.25) is 0 Å². The van der Waals surface area contributed by atoms with E-state index in [1.54, 1.807) is 0 Å². The molecule has 1 aromatic rings. The second-order valence-corrected chi connectivity index (χ2v) is 6.24. The van der Waals surface area contributed by atoms with E-state index in [2.05, 4.69) is 10.2 Å². The fourth-order valence-corrected chi connectivity index (χ4v) is 2.95. The van der Waals surface area contributed by atoms with Gasteiger partial charge >= 0.3 is 0 Å². The highest BCUT2D eigenvalue weighted by Crippen LogP contribution is 2.15. The van der Waals surface area contributed by atoms with E-state index in [-0.39, 0.29) is 17.6 Å². The lowest BCUT2D eigenvalue weighted by atomic mass is 10.2. The average Bonchev–Trinajstić information content (AvgIpc) is 2.69. The number of piperazine rings is 1. The van der Waals surface area contributed by atoms with Crippen LogP contribution in [0.15, 0.2) is 35.9 Å². The summed E-state index contributed by atoms with van der Waals surface area (Å²) in [7, 11) is 0. The minimum Gasteiger partial charge on any atom is -0.492 e. The molecule has 142 valence electrons. The number of ether oxygens (including phenoxy) is 2. The Kier molecular flexibility index (Phi) is 6.30. The zero-order chi connectivity index (χ0) is 18.4. The SMILES string of the molecule is O=C(NCCN1CCN(/C(O)=C2/COCCO2)CC1)c1ccc(F)cc1. The molecule has 2 aliphatic heterocycles. The highest BCUT2D eigenvalue weighted by Gasteiger charge is 2.23. The van der Waals surface area contributed by atoms with Crippen molar-refractivity contribution < 1.29 is 23.8 Å². The molecule has 0 radical (unpaired) electrons. The lowest BCUT2D eigenvalue weighted by molar-refractivity contribution is -0.00571. The number of aliphatic hydroxyl groups is 1. The molecule has 0 spiro atoms. The third-order valence-corrected chi connectivity index (χ3v) is 4.48. The maximum atomic E-state index is 12.9. The highest BCUT2D eigenvalue weighted by atomic mass is 19.1. The van der Waals surface area contributed by atoms with E-state index >= 15 is 0 Å². The Labute approximate surface area is 152 Å². The number of rotatable bonds is 5. The predicted octanol–water partition coefficient (Wildman–Crippen LogP) is 0.947. The number of aliphatic hydroxyl groups excluding tert-OH is 1. The number of nitrogens with one attached hydrogen (secondary N) is 1. The number of carbonyl (C=O) groups is 1. The summed E-state index contributed by atoms with van der Waals surface area (Å²) < 4.78 is 23.6. The van der Waals surface area contributed by atoms with Gasteiger partial charge in [0.1, 0.15) is 19.0 Å².